The van der Waals surface area contributed by atoms with Crippen molar-refractivity contribution in [3.63, 3.8) is 0 Å². The Morgan fingerprint density at radius 2 is 2.06 bits per heavy atom. The number of carbonyl (C=O) groups excluding carboxylic acids is 1. The number of aryl methyl sites for hydroxylation is 2. The summed E-state index contributed by atoms with van der Waals surface area (Å²) in [6.45, 7) is 3.93. The van der Waals surface area contributed by atoms with Crippen LogP contribution in [0, 0.1) is 17.4 Å². The van der Waals surface area contributed by atoms with Gasteiger partial charge in [0, 0.05) is 8.45 Å². The Morgan fingerprint density at radius 1 is 1.35 bits per heavy atom. The summed E-state index contributed by atoms with van der Waals surface area (Å²) in [5.74, 6) is -0.108. The number of benzene rings is 1. The molecule has 1 N–H and O–H groups in total. The fourth-order valence-corrected chi connectivity index (χ4v) is 2.78. The maximum Gasteiger partial charge on any atom is 0.258 e. The number of hydrogen-bond acceptors (Lipinski definition) is 3. The number of halogens is 1. The van der Waals surface area contributed by atoms with Crippen LogP contribution in [0.25, 0.3) is 0 Å². The predicted octanol–water partition coefficient (Wildman–Crippen LogP) is 3.62. The molecule has 0 aliphatic carbocycles. The maximum atomic E-state index is 12.0. The number of aromatic nitrogens is 1. The summed E-state index contributed by atoms with van der Waals surface area (Å²) in [6.07, 6.45) is 0. The number of hydrogen-bond donors (Lipinski definition) is 1. The van der Waals surface area contributed by atoms with Gasteiger partial charge >= 0.3 is 0 Å². The third-order valence-corrected chi connectivity index (χ3v) is 4.30. The van der Waals surface area contributed by atoms with Gasteiger partial charge in [0.1, 0.15) is 0 Å². The van der Waals surface area contributed by atoms with Crippen LogP contribution in [-0.4, -0.2) is 10.9 Å². The lowest BCUT2D eigenvalue weighted by Crippen LogP contribution is -2.13. The SMILES string of the molecule is Cc1nc(NC(=O)c2ccccc2I)sc1C. The predicted molar refractivity (Wildman–Crippen MR) is 78.7 cm³/mol. The first-order chi connectivity index (χ1) is 8.08. The van der Waals surface area contributed by atoms with Gasteiger partial charge in [-0.15, -0.1) is 11.3 Å². The van der Waals surface area contributed by atoms with Crippen molar-refractivity contribution in [2.45, 2.75) is 13.8 Å². The van der Waals surface area contributed by atoms with Gasteiger partial charge in [-0.3, -0.25) is 10.1 Å². The third kappa shape index (κ3) is 2.84. The zero-order valence-corrected chi connectivity index (χ0v) is 12.4. The van der Waals surface area contributed by atoms with Gasteiger partial charge in [0.2, 0.25) is 0 Å². The average Bonchev–Trinajstić information content (AvgIpc) is 2.58. The molecule has 2 aromatic rings. The van der Waals surface area contributed by atoms with Crippen LogP contribution in [0.1, 0.15) is 20.9 Å². The molecular weight excluding hydrogens is 347 g/mol. The number of anilines is 1. The van der Waals surface area contributed by atoms with Gasteiger partial charge in [-0.2, -0.15) is 0 Å². The van der Waals surface area contributed by atoms with E-state index in [0.29, 0.717) is 10.7 Å². The highest BCUT2D eigenvalue weighted by Gasteiger charge is 2.12. The Bertz CT molecular complexity index is 546. The molecule has 0 saturated carbocycles. The minimum atomic E-state index is -0.108. The monoisotopic (exact) mass is 358 g/mol. The van der Waals surface area contributed by atoms with Gasteiger partial charge in [-0.25, -0.2) is 4.98 Å². The van der Waals surface area contributed by atoms with Gasteiger partial charge in [-0.1, -0.05) is 12.1 Å². The normalized spacial score (nSPS) is 10.3. The number of nitrogens with one attached hydrogen (secondary N) is 1. The van der Waals surface area contributed by atoms with E-state index in [1.54, 1.807) is 0 Å². The second-order valence-corrected chi connectivity index (χ2v) is 5.96. The highest BCUT2D eigenvalue weighted by molar-refractivity contribution is 14.1. The largest absolute Gasteiger partial charge is 0.298 e. The lowest BCUT2D eigenvalue weighted by atomic mass is 10.2. The summed E-state index contributed by atoms with van der Waals surface area (Å²) in [7, 11) is 0. The van der Waals surface area contributed by atoms with Crippen molar-refractivity contribution in [3.05, 3.63) is 44.0 Å². The molecule has 2 rings (SSSR count). The van der Waals surface area contributed by atoms with Gasteiger partial charge < -0.3 is 0 Å². The molecule has 17 heavy (non-hydrogen) atoms. The third-order valence-electron chi connectivity index (χ3n) is 2.37. The summed E-state index contributed by atoms with van der Waals surface area (Å²) in [5.41, 5.74) is 1.65. The highest BCUT2D eigenvalue weighted by atomic mass is 127. The van der Waals surface area contributed by atoms with Crippen molar-refractivity contribution in [2.75, 3.05) is 5.32 Å². The zero-order valence-electron chi connectivity index (χ0n) is 9.45. The lowest BCUT2D eigenvalue weighted by molar-refractivity contribution is 0.102. The molecule has 0 unspecified atom stereocenters. The summed E-state index contributed by atoms with van der Waals surface area (Å²) in [6, 6.07) is 7.49. The molecular formula is C12H11IN2OS. The van der Waals surface area contributed by atoms with E-state index in [4.69, 9.17) is 0 Å². The summed E-state index contributed by atoms with van der Waals surface area (Å²) in [5, 5.41) is 3.48. The van der Waals surface area contributed by atoms with Crippen molar-refractivity contribution >= 4 is 45.0 Å². The van der Waals surface area contributed by atoms with E-state index in [9.17, 15) is 4.79 Å². The number of nitrogens with zero attached hydrogens (tertiary/aromatic N) is 1. The Hall–Kier alpha value is -0.950. The van der Waals surface area contributed by atoms with Gasteiger partial charge in [0.05, 0.1) is 11.3 Å². The van der Waals surface area contributed by atoms with Crippen molar-refractivity contribution < 1.29 is 4.79 Å². The molecule has 1 amide bonds. The van der Waals surface area contributed by atoms with E-state index in [2.05, 4.69) is 32.9 Å². The fraction of sp³-hybridized carbons (Fsp3) is 0.167. The number of thiazole rings is 1. The quantitative estimate of drug-likeness (QED) is 0.834. The first-order valence-electron chi connectivity index (χ1n) is 5.08. The smallest absolute Gasteiger partial charge is 0.258 e. The number of rotatable bonds is 2. The summed E-state index contributed by atoms with van der Waals surface area (Å²) in [4.78, 5) is 17.4. The average molecular weight is 358 g/mol. The fourth-order valence-electron chi connectivity index (χ4n) is 1.34. The first kappa shape index (κ1) is 12.5. The molecule has 1 heterocycles. The van der Waals surface area contributed by atoms with E-state index >= 15 is 0 Å². The Balaban J connectivity index is 2.20. The standard InChI is InChI=1S/C12H11IN2OS/c1-7-8(2)17-12(14-7)15-11(16)9-5-3-4-6-10(9)13/h3-6H,1-2H3,(H,14,15,16). The first-order valence-corrected chi connectivity index (χ1v) is 6.97. The second kappa shape index (κ2) is 5.14. The summed E-state index contributed by atoms with van der Waals surface area (Å²) >= 11 is 3.65. The molecule has 0 aliphatic heterocycles. The van der Waals surface area contributed by atoms with Crippen molar-refractivity contribution in [3.8, 4) is 0 Å². The van der Waals surface area contributed by atoms with Crippen LogP contribution in [0.4, 0.5) is 5.13 Å². The zero-order chi connectivity index (χ0) is 12.4. The molecule has 5 heteroatoms. The lowest BCUT2D eigenvalue weighted by Gasteiger charge is -2.03. The molecule has 0 aliphatic rings. The minimum Gasteiger partial charge on any atom is -0.298 e. The van der Waals surface area contributed by atoms with Gasteiger partial charge in [-0.05, 0) is 48.6 Å². The van der Waals surface area contributed by atoms with E-state index in [1.165, 1.54) is 11.3 Å². The molecule has 0 atom stereocenters. The van der Waals surface area contributed by atoms with Gasteiger partial charge in [0.25, 0.3) is 5.91 Å². The van der Waals surface area contributed by atoms with Crippen LogP contribution in [0.15, 0.2) is 24.3 Å². The van der Waals surface area contributed by atoms with Crippen LogP contribution in [0.2, 0.25) is 0 Å². The number of amides is 1. The molecule has 3 nitrogen and oxygen atoms in total. The van der Waals surface area contributed by atoms with E-state index in [0.717, 1.165) is 14.1 Å². The maximum absolute atomic E-state index is 12.0. The van der Waals surface area contributed by atoms with Crippen molar-refractivity contribution in [1.29, 1.82) is 0 Å². The van der Waals surface area contributed by atoms with E-state index in [1.807, 2.05) is 38.1 Å². The van der Waals surface area contributed by atoms with Gasteiger partial charge in [0.15, 0.2) is 5.13 Å². The molecule has 0 saturated heterocycles. The minimum absolute atomic E-state index is 0.108. The van der Waals surface area contributed by atoms with Crippen LogP contribution >= 0.6 is 33.9 Å². The van der Waals surface area contributed by atoms with Crippen LogP contribution in [0.5, 0.6) is 0 Å². The Kier molecular flexibility index (Phi) is 3.78. The van der Waals surface area contributed by atoms with E-state index in [-0.39, 0.29) is 5.91 Å². The molecule has 0 bridgehead atoms. The molecule has 0 spiro atoms. The molecule has 1 aromatic heterocycles. The number of carbonyl (C=O) groups is 1. The van der Waals surface area contributed by atoms with Crippen molar-refractivity contribution in [2.24, 2.45) is 0 Å². The van der Waals surface area contributed by atoms with Crippen LogP contribution in [-0.2, 0) is 0 Å². The molecule has 0 fully saturated rings. The Morgan fingerprint density at radius 3 is 2.65 bits per heavy atom. The topological polar surface area (TPSA) is 42.0 Å². The second-order valence-electron chi connectivity index (χ2n) is 3.59. The summed E-state index contributed by atoms with van der Waals surface area (Å²) < 4.78 is 0.938. The Labute approximate surface area is 117 Å². The van der Waals surface area contributed by atoms with Crippen LogP contribution in [0.3, 0.4) is 0 Å². The van der Waals surface area contributed by atoms with Crippen LogP contribution < -0.4 is 5.32 Å². The van der Waals surface area contributed by atoms with E-state index < -0.39 is 0 Å². The molecule has 88 valence electrons. The molecule has 1 aromatic carbocycles. The molecule has 0 radical (unpaired) electrons. The van der Waals surface area contributed by atoms with Crippen molar-refractivity contribution in [1.82, 2.24) is 4.98 Å². The highest BCUT2D eigenvalue weighted by Crippen LogP contribution is 2.22.